The summed E-state index contributed by atoms with van der Waals surface area (Å²) >= 11 is 3.84. The van der Waals surface area contributed by atoms with E-state index in [0.717, 1.165) is 0 Å². The number of hydrogen-bond acceptors (Lipinski definition) is 0. The van der Waals surface area contributed by atoms with Crippen molar-refractivity contribution in [1.29, 1.82) is 0 Å². The van der Waals surface area contributed by atoms with Crippen LogP contribution in [0.1, 0.15) is 52.4 Å². The van der Waals surface area contributed by atoms with Gasteiger partial charge >= 0.3 is 0 Å². The molecule has 0 aromatic heterocycles. The lowest BCUT2D eigenvalue weighted by Crippen LogP contribution is -1.98. The van der Waals surface area contributed by atoms with Crippen LogP contribution in [0.4, 0.5) is 0 Å². The molecular weight excluding hydrogens is 296 g/mol. The van der Waals surface area contributed by atoms with Gasteiger partial charge in [0, 0.05) is 0 Å². The van der Waals surface area contributed by atoms with E-state index in [-0.39, 0.29) is 4.83 Å². The largest absolute Gasteiger partial charge is 0.0786 e. The lowest BCUT2D eigenvalue weighted by Gasteiger charge is -2.16. The lowest BCUT2D eigenvalue weighted by molar-refractivity contribution is 0.865. The summed E-state index contributed by atoms with van der Waals surface area (Å²) in [5, 5.41) is 0. The van der Waals surface area contributed by atoms with E-state index in [0.29, 0.717) is 5.92 Å². The van der Waals surface area contributed by atoms with Crippen molar-refractivity contribution >= 4 is 15.9 Å². The van der Waals surface area contributed by atoms with Gasteiger partial charge < -0.3 is 0 Å². The minimum absolute atomic E-state index is 0.272. The van der Waals surface area contributed by atoms with E-state index in [1.54, 1.807) is 0 Å². The molecule has 100 valence electrons. The summed E-state index contributed by atoms with van der Waals surface area (Å²) in [6.45, 7) is 8.82. The Morgan fingerprint density at radius 3 is 2.00 bits per heavy atom. The number of aryl methyl sites for hydroxylation is 1. The second kappa shape index (κ2) is 5.92. The summed E-state index contributed by atoms with van der Waals surface area (Å²) < 4.78 is 0. The fourth-order valence-corrected chi connectivity index (χ4v) is 3.08. The highest BCUT2D eigenvalue weighted by molar-refractivity contribution is 9.09. The number of alkyl halides is 1. The zero-order valence-electron chi connectivity index (χ0n) is 12.1. The Balaban J connectivity index is 2.33. The predicted octanol–water partition coefficient (Wildman–Crippen LogP) is 5.91. The van der Waals surface area contributed by atoms with Gasteiger partial charge in [-0.25, -0.2) is 0 Å². The zero-order valence-corrected chi connectivity index (χ0v) is 13.7. The average molecular weight is 317 g/mol. The van der Waals surface area contributed by atoms with Crippen LogP contribution in [-0.2, 0) is 0 Å². The average Bonchev–Trinajstić information content (AvgIpc) is 2.41. The Kier molecular flexibility index (Phi) is 4.46. The Bertz CT molecular complexity index is 552. The first-order valence-electron chi connectivity index (χ1n) is 6.80. The molecule has 2 aromatic carbocycles. The molecule has 0 spiro atoms. The Morgan fingerprint density at radius 2 is 1.42 bits per heavy atom. The molecule has 1 atom stereocenters. The molecule has 0 nitrogen and oxygen atoms in total. The van der Waals surface area contributed by atoms with Crippen LogP contribution in [0.3, 0.4) is 0 Å². The van der Waals surface area contributed by atoms with Crippen molar-refractivity contribution in [1.82, 2.24) is 0 Å². The smallest absolute Gasteiger partial charge is 0.0647 e. The maximum Gasteiger partial charge on any atom is 0.0647 e. The molecule has 0 aliphatic heterocycles. The van der Waals surface area contributed by atoms with Gasteiger partial charge in [0.25, 0.3) is 0 Å². The predicted molar refractivity (Wildman–Crippen MR) is 87.2 cm³/mol. The van der Waals surface area contributed by atoms with Crippen molar-refractivity contribution in [2.45, 2.75) is 38.4 Å². The molecule has 0 aliphatic carbocycles. The molecule has 0 radical (unpaired) electrons. The Hall–Kier alpha value is -1.08. The molecule has 0 saturated carbocycles. The molecule has 1 unspecified atom stereocenters. The van der Waals surface area contributed by atoms with E-state index < -0.39 is 0 Å². The summed E-state index contributed by atoms with van der Waals surface area (Å²) in [5.74, 6) is 0.587. The number of halogens is 1. The monoisotopic (exact) mass is 316 g/mol. The lowest BCUT2D eigenvalue weighted by atomic mass is 9.95. The second-order valence-corrected chi connectivity index (χ2v) is 6.39. The first-order chi connectivity index (χ1) is 9.00. The summed E-state index contributed by atoms with van der Waals surface area (Å²) in [4.78, 5) is 0.272. The van der Waals surface area contributed by atoms with E-state index in [1.807, 2.05) is 0 Å². The summed E-state index contributed by atoms with van der Waals surface area (Å²) in [7, 11) is 0. The SMILES string of the molecule is Cc1cccc(C(Br)c2ccc(C(C)C)cc2)c1C. The van der Waals surface area contributed by atoms with Crippen LogP contribution in [0.5, 0.6) is 0 Å². The highest BCUT2D eigenvalue weighted by Gasteiger charge is 2.13. The zero-order chi connectivity index (χ0) is 14.0. The minimum atomic E-state index is 0.272. The molecule has 0 fully saturated rings. The Morgan fingerprint density at radius 1 is 0.842 bits per heavy atom. The molecular formula is C18H21Br. The van der Waals surface area contributed by atoms with Gasteiger partial charge in [0.15, 0.2) is 0 Å². The van der Waals surface area contributed by atoms with Crippen molar-refractivity contribution < 1.29 is 0 Å². The van der Waals surface area contributed by atoms with Crippen LogP contribution in [0.2, 0.25) is 0 Å². The first-order valence-corrected chi connectivity index (χ1v) is 7.72. The van der Waals surface area contributed by atoms with Crippen molar-refractivity contribution in [3.05, 3.63) is 70.3 Å². The molecule has 2 rings (SSSR count). The molecule has 0 amide bonds. The summed E-state index contributed by atoms with van der Waals surface area (Å²) in [6, 6.07) is 15.4. The molecule has 0 saturated heterocycles. The highest BCUT2D eigenvalue weighted by atomic mass is 79.9. The van der Waals surface area contributed by atoms with Gasteiger partial charge in [-0.05, 0) is 47.6 Å². The third-order valence-corrected chi connectivity index (χ3v) is 4.84. The van der Waals surface area contributed by atoms with E-state index in [2.05, 4.69) is 86.1 Å². The molecule has 0 aliphatic rings. The maximum atomic E-state index is 3.84. The van der Waals surface area contributed by atoms with Crippen molar-refractivity contribution in [2.24, 2.45) is 0 Å². The fourth-order valence-electron chi connectivity index (χ4n) is 2.28. The molecule has 0 heterocycles. The van der Waals surface area contributed by atoms with E-state index in [1.165, 1.54) is 27.8 Å². The fraction of sp³-hybridized carbons (Fsp3) is 0.333. The van der Waals surface area contributed by atoms with E-state index >= 15 is 0 Å². The topological polar surface area (TPSA) is 0 Å². The van der Waals surface area contributed by atoms with Crippen LogP contribution in [-0.4, -0.2) is 0 Å². The van der Waals surface area contributed by atoms with Gasteiger partial charge in [0.2, 0.25) is 0 Å². The van der Waals surface area contributed by atoms with Gasteiger partial charge in [-0.3, -0.25) is 0 Å². The normalized spacial score (nSPS) is 12.7. The van der Waals surface area contributed by atoms with Crippen molar-refractivity contribution in [3.8, 4) is 0 Å². The Labute approximate surface area is 125 Å². The molecule has 2 aromatic rings. The second-order valence-electron chi connectivity index (χ2n) is 5.47. The highest BCUT2D eigenvalue weighted by Crippen LogP contribution is 2.34. The van der Waals surface area contributed by atoms with Crippen LogP contribution in [0.15, 0.2) is 42.5 Å². The van der Waals surface area contributed by atoms with Gasteiger partial charge in [-0.1, -0.05) is 72.2 Å². The van der Waals surface area contributed by atoms with Gasteiger partial charge in [-0.2, -0.15) is 0 Å². The van der Waals surface area contributed by atoms with Gasteiger partial charge in [-0.15, -0.1) is 0 Å². The van der Waals surface area contributed by atoms with Gasteiger partial charge in [0.1, 0.15) is 0 Å². The van der Waals surface area contributed by atoms with Crippen molar-refractivity contribution in [3.63, 3.8) is 0 Å². The van der Waals surface area contributed by atoms with Crippen LogP contribution in [0, 0.1) is 13.8 Å². The third-order valence-electron chi connectivity index (χ3n) is 3.82. The molecule has 19 heavy (non-hydrogen) atoms. The van der Waals surface area contributed by atoms with Crippen LogP contribution >= 0.6 is 15.9 Å². The van der Waals surface area contributed by atoms with Crippen LogP contribution in [0.25, 0.3) is 0 Å². The summed E-state index contributed by atoms with van der Waals surface area (Å²) in [5.41, 5.74) is 6.79. The minimum Gasteiger partial charge on any atom is -0.0786 e. The summed E-state index contributed by atoms with van der Waals surface area (Å²) in [6.07, 6.45) is 0. The number of benzene rings is 2. The molecule has 0 bridgehead atoms. The third kappa shape index (κ3) is 3.09. The molecule has 1 heteroatoms. The van der Waals surface area contributed by atoms with Crippen LogP contribution < -0.4 is 0 Å². The van der Waals surface area contributed by atoms with E-state index in [4.69, 9.17) is 0 Å². The van der Waals surface area contributed by atoms with Gasteiger partial charge in [0.05, 0.1) is 4.83 Å². The van der Waals surface area contributed by atoms with E-state index in [9.17, 15) is 0 Å². The number of rotatable bonds is 3. The first kappa shape index (κ1) is 14.3. The van der Waals surface area contributed by atoms with Crippen molar-refractivity contribution in [2.75, 3.05) is 0 Å². The quantitative estimate of drug-likeness (QED) is 0.617. The number of hydrogen-bond donors (Lipinski definition) is 0. The molecule has 0 N–H and O–H groups in total. The standard InChI is InChI=1S/C18H21Br/c1-12(2)15-8-10-16(11-9-15)18(19)17-7-5-6-13(3)14(17)4/h5-12,18H,1-4H3. The maximum absolute atomic E-state index is 3.84.